The third kappa shape index (κ3) is 2.89. The summed E-state index contributed by atoms with van der Waals surface area (Å²) in [6.07, 6.45) is 0. The lowest BCUT2D eigenvalue weighted by atomic mass is 10.2. The fraction of sp³-hybridized carbons (Fsp3) is 0.364. The van der Waals surface area contributed by atoms with Gasteiger partial charge in [0.15, 0.2) is 5.17 Å². The Morgan fingerprint density at radius 3 is 3.00 bits per heavy atom. The van der Waals surface area contributed by atoms with Gasteiger partial charge < -0.3 is 5.32 Å². The second-order valence-electron chi connectivity index (χ2n) is 3.57. The molecular formula is C11H13ClN2S. The predicted octanol–water partition coefficient (Wildman–Crippen LogP) is 2.92. The van der Waals surface area contributed by atoms with E-state index in [0.717, 1.165) is 21.5 Å². The fourth-order valence-corrected chi connectivity index (χ4v) is 2.50. The van der Waals surface area contributed by atoms with E-state index in [1.165, 1.54) is 0 Å². The summed E-state index contributed by atoms with van der Waals surface area (Å²) in [5.41, 5.74) is 1.08. The van der Waals surface area contributed by atoms with E-state index in [1.807, 2.05) is 24.3 Å². The van der Waals surface area contributed by atoms with Crippen LogP contribution in [0.5, 0.6) is 0 Å². The Labute approximate surface area is 99.1 Å². The van der Waals surface area contributed by atoms with Crippen molar-refractivity contribution in [2.75, 3.05) is 5.75 Å². The maximum absolute atomic E-state index is 6.04. The Bertz CT molecular complexity index is 379. The molecule has 1 aromatic rings. The van der Waals surface area contributed by atoms with Crippen LogP contribution in [-0.2, 0) is 6.54 Å². The van der Waals surface area contributed by atoms with Crippen LogP contribution < -0.4 is 5.32 Å². The zero-order chi connectivity index (χ0) is 10.7. The van der Waals surface area contributed by atoms with E-state index in [1.54, 1.807) is 11.8 Å². The van der Waals surface area contributed by atoms with Crippen molar-refractivity contribution in [3.05, 3.63) is 34.9 Å². The van der Waals surface area contributed by atoms with E-state index in [-0.39, 0.29) is 0 Å². The molecule has 0 radical (unpaired) electrons. The molecular weight excluding hydrogens is 228 g/mol. The van der Waals surface area contributed by atoms with E-state index in [2.05, 4.69) is 17.2 Å². The van der Waals surface area contributed by atoms with Gasteiger partial charge in [-0.1, -0.05) is 41.6 Å². The molecule has 0 aliphatic carbocycles. The summed E-state index contributed by atoms with van der Waals surface area (Å²) in [4.78, 5) is 4.49. The van der Waals surface area contributed by atoms with Crippen LogP contribution in [0.2, 0.25) is 5.02 Å². The highest BCUT2D eigenvalue weighted by Gasteiger charge is 2.14. The molecule has 1 fully saturated rings. The molecule has 0 aromatic heterocycles. The highest BCUT2D eigenvalue weighted by Crippen LogP contribution is 2.18. The second kappa shape index (κ2) is 4.90. The maximum Gasteiger partial charge on any atom is 0.157 e. The molecule has 1 aliphatic heterocycles. The largest absolute Gasteiger partial charge is 0.362 e. The minimum absolute atomic E-state index is 0.528. The van der Waals surface area contributed by atoms with Gasteiger partial charge in [0.2, 0.25) is 0 Å². The van der Waals surface area contributed by atoms with Crippen LogP contribution >= 0.6 is 23.4 Å². The standard InChI is InChI=1S/C11H13ClN2S/c1-8-7-15-11(14-8)13-6-9-4-2-3-5-10(9)12/h2-5,8H,6-7H2,1H3,(H,13,14). The summed E-state index contributed by atoms with van der Waals surface area (Å²) in [7, 11) is 0. The highest BCUT2D eigenvalue weighted by molar-refractivity contribution is 8.14. The quantitative estimate of drug-likeness (QED) is 0.860. The predicted molar refractivity (Wildman–Crippen MR) is 67.6 cm³/mol. The Hall–Kier alpha value is -0.670. The van der Waals surface area contributed by atoms with Gasteiger partial charge in [-0.3, -0.25) is 4.99 Å². The third-order valence-corrected chi connectivity index (χ3v) is 3.75. The zero-order valence-corrected chi connectivity index (χ0v) is 10.1. The first kappa shape index (κ1) is 10.8. The molecule has 2 nitrogen and oxygen atoms in total. The number of rotatable bonds is 2. The Balaban J connectivity index is 2.01. The minimum atomic E-state index is 0.528. The molecule has 15 heavy (non-hydrogen) atoms. The van der Waals surface area contributed by atoms with E-state index in [4.69, 9.17) is 11.6 Å². The van der Waals surface area contributed by atoms with Crippen LogP contribution in [-0.4, -0.2) is 17.0 Å². The number of hydrogen-bond donors (Lipinski definition) is 1. The van der Waals surface area contributed by atoms with Gasteiger partial charge >= 0.3 is 0 Å². The molecule has 0 saturated carbocycles. The molecule has 0 spiro atoms. The first-order valence-corrected chi connectivity index (χ1v) is 6.29. The molecule has 1 atom stereocenters. The molecule has 1 N–H and O–H groups in total. The molecule has 2 rings (SSSR count). The van der Waals surface area contributed by atoms with Gasteiger partial charge in [-0.25, -0.2) is 0 Å². The van der Waals surface area contributed by atoms with Crippen molar-refractivity contribution in [1.82, 2.24) is 5.32 Å². The SMILES string of the molecule is CC1CSC(=NCc2ccccc2Cl)N1. The minimum Gasteiger partial charge on any atom is -0.362 e. The summed E-state index contributed by atoms with van der Waals surface area (Å²) in [6.45, 7) is 2.81. The van der Waals surface area contributed by atoms with Crippen LogP contribution in [0.4, 0.5) is 0 Å². The summed E-state index contributed by atoms with van der Waals surface area (Å²) in [5.74, 6) is 1.10. The van der Waals surface area contributed by atoms with Crippen LogP contribution in [0.1, 0.15) is 12.5 Å². The molecule has 4 heteroatoms. The molecule has 1 aliphatic rings. The van der Waals surface area contributed by atoms with Crippen molar-refractivity contribution in [3.8, 4) is 0 Å². The summed E-state index contributed by atoms with van der Waals surface area (Å²) >= 11 is 7.81. The van der Waals surface area contributed by atoms with Crippen molar-refractivity contribution in [1.29, 1.82) is 0 Å². The smallest absolute Gasteiger partial charge is 0.157 e. The number of amidine groups is 1. The Morgan fingerprint density at radius 1 is 1.53 bits per heavy atom. The van der Waals surface area contributed by atoms with Crippen molar-refractivity contribution < 1.29 is 0 Å². The van der Waals surface area contributed by atoms with Crippen LogP contribution in [0.25, 0.3) is 0 Å². The lowest BCUT2D eigenvalue weighted by Crippen LogP contribution is -2.23. The molecule has 1 saturated heterocycles. The summed E-state index contributed by atoms with van der Waals surface area (Å²) < 4.78 is 0. The van der Waals surface area contributed by atoms with Crippen molar-refractivity contribution in [3.63, 3.8) is 0 Å². The molecule has 1 heterocycles. The molecule has 1 unspecified atom stereocenters. The molecule has 0 amide bonds. The number of thioether (sulfide) groups is 1. The van der Waals surface area contributed by atoms with Crippen LogP contribution in [0.15, 0.2) is 29.3 Å². The molecule has 80 valence electrons. The fourth-order valence-electron chi connectivity index (χ4n) is 1.37. The van der Waals surface area contributed by atoms with Gasteiger partial charge in [0.05, 0.1) is 6.54 Å². The van der Waals surface area contributed by atoms with E-state index in [0.29, 0.717) is 12.6 Å². The second-order valence-corrected chi connectivity index (χ2v) is 4.99. The van der Waals surface area contributed by atoms with Gasteiger partial charge in [-0.2, -0.15) is 0 Å². The Morgan fingerprint density at radius 2 is 2.33 bits per heavy atom. The summed E-state index contributed by atoms with van der Waals surface area (Å²) in [6, 6.07) is 8.35. The third-order valence-electron chi connectivity index (χ3n) is 2.19. The van der Waals surface area contributed by atoms with E-state index < -0.39 is 0 Å². The lowest BCUT2D eigenvalue weighted by Gasteiger charge is -2.02. The number of nitrogens with zero attached hydrogens (tertiary/aromatic N) is 1. The van der Waals surface area contributed by atoms with Crippen molar-refractivity contribution >= 4 is 28.5 Å². The van der Waals surface area contributed by atoms with Gasteiger partial charge in [0.1, 0.15) is 0 Å². The van der Waals surface area contributed by atoms with E-state index >= 15 is 0 Å². The first-order valence-electron chi connectivity index (χ1n) is 4.93. The van der Waals surface area contributed by atoms with Crippen LogP contribution in [0, 0.1) is 0 Å². The number of aliphatic imine (C=N–C) groups is 1. The number of hydrogen-bond acceptors (Lipinski definition) is 2. The number of nitrogens with one attached hydrogen (secondary N) is 1. The number of benzene rings is 1. The average Bonchev–Trinajstić information content (AvgIpc) is 2.63. The highest BCUT2D eigenvalue weighted by atomic mass is 35.5. The average molecular weight is 241 g/mol. The van der Waals surface area contributed by atoms with Gasteiger partial charge in [-0.15, -0.1) is 0 Å². The first-order chi connectivity index (χ1) is 7.25. The normalized spacial score (nSPS) is 23.1. The molecule has 0 bridgehead atoms. The van der Waals surface area contributed by atoms with Gasteiger partial charge in [0, 0.05) is 16.8 Å². The summed E-state index contributed by atoms with van der Waals surface area (Å²) in [5, 5.41) is 5.13. The lowest BCUT2D eigenvalue weighted by molar-refractivity contribution is 0.764. The topological polar surface area (TPSA) is 24.4 Å². The van der Waals surface area contributed by atoms with Crippen molar-refractivity contribution in [2.45, 2.75) is 19.5 Å². The monoisotopic (exact) mass is 240 g/mol. The van der Waals surface area contributed by atoms with Gasteiger partial charge in [0.25, 0.3) is 0 Å². The Kier molecular flexibility index (Phi) is 3.54. The number of halogens is 1. The molecule has 1 aromatic carbocycles. The maximum atomic E-state index is 6.04. The zero-order valence-electron chi connectivity index (χ0n) is 8.53. The van der Waals surface area contributed by atoms with Crippen molar-refractivity contribution in [2.24, 2.45) is 4.99 Å². The van der Waals surface area contributed by atoms with E-state index in [9.17, 15) is 0 Å². The van der Waals surface area contributed by atoms with Crippen LogP contribution in [0.3, 0.4) is 0 Å². The van der Waals surface area contributed by atoms with Gasteiger partial charge in [-0.05, 0) is 18.6 Å².